The summed E-state index contributed by atoms with van der Waals surface area (Å²) in [5.74, 6) is 0.734. The summed E-state index contributed by atoms with van der Waals surface area (Å²) in [6.07, 6.45) is 3.21. The first-order chi connectivity index (χ1) is 9.17. The number of nitrogens with two attached hydrogens (primary N) is 1. The van der Waals surface area contributed by atoms with Gasteiger partial charge in [0.15, 0.2) is 0 Å². The van der Waals surface area contributed by atoms with E-state index < -0.39 is 0 Å². The maximum absolute atomic E-state index is 12.7. The molecule has 1 fully saturated rings. The summed E-state index contributed by atoms with van der Waals surface area (Å²) in [5, 5.41) is 0. The van der Waals surface area contributed by atoms with Crippen molar-refractivity contribution >= 4 is 24.0 Å². The van der Waals surface area contributed by atoms with Crippen LogP contribution >= 0.6 is 12.4 Å². The molecule has 1 aromatic rings. The van der Waals surface area contributed by atoms with Crippen LogP contribution in [-0.4, -0.2) is 19.0 Å². The van der Waals surface area contributed by atoms with Gasteiger partial charge in [-0.05, 0) is 51.3 Å². The molecule has 2 N–H and O–H groups in total. The minimum absolute atomic E-state index is 0. The molecule has 0 bridgehead atoms. The Kier molecular flexibility index (Phi) is 6.50. The summed E-state index contributed by atoms with van der Waals surface area (Å²) in [5.41, 5.74) is 8.01. The van der Waals surface area contributed by atoms with Crippen LogP contribution < -0.4 is 10.6 Å². The van der Waals surface area contributed by atoms with Crippen molar-refractivity contribution in [1.82, 2.24) is 0 Å². The number of amides is 1. The Morgan fingerprint density at radius 3 is 2.50 bits per heavy atom. The zero-order valence-electron chi connectivity index (χ0n) is 12.3. The van der Waals surface area contributed by atoms with Gasteiger partial charge in [0.05, 0.1) is 0 Å². The average Bonchev–Trinajstić information content (AvgIpc) is 2.90. The standard InChI is InChI=1S/C16H24N2O.ClH/c1-3-18(14-9-7-12(2)8-10-14)16(19)15-6-4-5-13(15)11-17;/h7-10,13,15H,3-6,11,17H2,1-2H3;1H/t13-,15-;/m1./s1. The number of benzene rings is 1. The van der Waals surface area contributed by atoms with Gasteiger partial charge in [0.25, 0.3) is 0 Å². The Morgan fingerprint density at radius 2 is 1.95 bits per heavy atom. The van der Waals surface area contributed by atoms with Crippen molar-refractivity contribution in [2.75, 3.05) is 18.0 Å². The van der Waals surface area contributed by atoms with Crippen LogP contribution in [0.3, 0.4) is 0 Å². The first-order valence-corrected chi connectivity index (χ1v) is 7.25. The van der Waals surface area contributed by atoms with Crippen LogP contribution in [0.25, 0.3) is 0 Å². The predicted octanol–water partition coefficient (Wildman–Crippen LogP) is 3.14. The summed E-state index contributed by atoms with van der Waals surface area (Å²) >= 11 is 0. The fourth-order valence-electron chi connectivity index (χ4n) is 3.03. The second kappa shape index (κ2) is 7.65. The number of carbonyl (C=O) groups is 1. The van der Waals surface area contributed by atoms with Gasteiger partial charge in [-0.25, -0.2) is 0 Å². The Balaban J connectivity index is 0.00000200. The predicted molar refractivity (Wildman–Crippen MR) is 86.3 cm³/mol. The number of hydrogen-bond donors (Lipinski definition) is 1. The zero-order chi connectivity index (χ0) is 13.8. The molecule has 0 heterocycles. The van der Waals surface area contributed by atoms with Gasteiger partial charge in [-0.2, -0.15) is 0 Å². The van der Waals surface area contributed by atoms with Crippen LogP contribution in [0.5, 0.6) is 0 Å². The molecule has 1 amide bonds. The van der Waals surface area contributed by atoms with Gasteiger partial charge in [-0.1, -0.05) is 24.1 Å². The van der Waals surface area contributed by atoms with Gasteiger partial charge < -0.3 is 10.6 Å². The summed E-state index contributed by atoms with van der Waals surface area (Å²) in [7, 11) is 0. The fourth-order valence-corrected chi connectivity index (χ4v) is 3.03. The summed E-state index contributed by atoms with van der Waals surface area (Å²) in [6, 6.07) is 8.17. The Bertz CT molecular complexity index is 433. The van der Waals surface area contributed by atoms with E-state index in [1.165, 1.54) is 5.56 Å². The lowest BCUT2D eigenvalue weighted by molar-refractivity contribution is -0.123. The molecule has 4 heteroatoms. The lowest BCUT2D eigenvalue weighted by atomic mass is 9.94. The van der Waals surface area contributed by atoms with E-state index in [-0.39, 0.29) is 24.2 Å². The third kappa shape index (κ3) is 3.53. The molecule has 3 nitrogen and oxygen atoms in total. The fraction of sp³-hybridized carbons (Fsp3) is 0.562. The van der Waals surface area contributed by atoms with Crippen molar-refractivity contribution in [3.05, 3.63) is 29.8 Å². The number of carbonyl (C=O) groups excluding carboxylic acids is 1. The number of rotatable bonds is 4. The molecule has 0 aromatic heterocycles. The van der Waals surface area contributed by atoms with Crippen molar-refractivity contribution in [2.45, 2.75) is 33.1 Å². The maximum Gasteiger partial charge on any atom is 0.230 e. The van der Waals surface area contributed by atoms with Crippen LogP contribution in [0.4, 0.5) is 5.69 Å². The molecular formula is C16H25ClN2O. The van der Waals surface area contributed by atoms with Crippen molar-refractivity contribution in [1.29, 1.82) is 0 Å². The lowest BCUT2D eigenvalue weighted by Crippen LogP contribution is -2.39. The highest BCUT2D eigenvalue weighted by atomic mass is 35.5. The third-order valence-electron chi connectivity index (χ3n) is 4.21. The van der Waals surface area contributed by atoms with E-state index in [0.717, 1.165) is 31.5 Å². The molecular weight excluding hydrogens is 272 g/mol. The highest BCUT2D eigenvalue weighted by molar-refractivity contribution is 5.95. The number of anilines is 1. The summed E-state index contributed by atoms with van der Waals surface area (Å²) < 4.78 is 0. The SMILES string of the molecule is CCN(C(=O)[C@@H]1CCC[C@@H]1CN)c1ccc(C)cc1.Cl. The van der Waals surface area contributed by atoms with Gasteiger partial charge in [0.2, 0.25) is 5.91 Å². The van der Waals surface area contributed by atoms with Crippen molar-refractivity contribution < 1.29 is 4.79 Å². The third-order valence-corrected chi connectivity index (χ3v) is 4.21. The molecule has 0 aliphatic heterocycles. The van der Waals surface area contributed by atoms with Gasteiger partial charge in [0, 0.05) is 18.2 Å². The quantitative estimate of drug-likeness (QED) is 0.928. The first-order valence-electron chi connectivity index (χ1n) is 7.25. The minimum atomic E-state index is 0. The molecule has 1 aliphatic carbocycles. The van der Waals surface area contributed by atoms with E-state index >= 15 is 0 Å². The number of nitrogens with zero attached hydrogens (tertiary/aromatic N) is 1. The van der Waals surface area contributed by atoms with Crippen molar-refractivity contribution in [3.63, 3.8) is 0 Å². The maximum atomic E-state index is 12.7. The molecule has 0 spiro atoms. The second-order valence-electron chi connectivity index (χ2n) is 5.45. The minimum Gasteiger partial charge on any atom is -0.330 e. The van der Waals surface area contributed by atoms with Crippen molar-refractivity contribution in [2.24, 2.45) is 17.6 Å². The molecule has 0 radical (unpaired) electrons. The van der Waals surface area contributed by atoms with Crippen LogP contribution in [0.1, 0.15) is 31.7 Å². The number of halogens is 1. The Labute approximate surface area is 127 Å². The van der Waals surface area contributed by atoms with E-state index in [9.17, 15) is 4.79 Å². The number of aryl methyl sites for hydroxylation is 1. The average molecular weight is 297 g/mol. The Hall–Kier alpha value is -1.06. The highest BCUT2D eigenvalue weighted by Crippen LogP contribution is 2.33. The van der Waals surface area contributed by atoms with E-state index in [2.05, 4.69) is 19.1 Å². The van der Waals surface area contributed by atoms with E-state index in [4.69, 9.17) is 5.73 Å². The van der Waals surface area contributed by atoms with Gasteiger partial charge in [0.1, 0.15) is 0 Å². The number of hydrogen-bond acceptors (Lipinski definition) is 2. The lowest BCUT2D eigenvalue weighted by Gasteiger charge is -2.27. The molecule has 112 valence electrons. The van der Waals surface area contributed by atoms with Crippen molar-refractivity contribution in [3.8, 4) is 0 Å². The highest BCUT2D eigenvalue weighted by Gasteiger charge is 2.34. The van der Waals surface area contributed by atoms with Gasteiger partial charge >= 0.3 is 0 Å². The molecule has 2 atom stereocenters. The molecule has 20 heavy (non-hydrogen) atoms. The monoisotopic (exact) mass is 296 g/mol. The van der Waals surface area contributed by atoms with Gasteiger partial charge in [-0.15, -0.1) is 12.4 Å². The molecule has 0 unspecified atom stereocenters. The molecule has 2 rings (SSSR count). The molecule has 1 aliphatic rings. The first kappa shape index (κ1) is 17.0. The summed E-state index contributed by atoms with van der Waals surface area (Å²) in [6.45, 7) is 5.44. The zero-order valence-corrected chi connectivity index (χ0v) is 13.2. The van der Waals surface area contributed by atoms with Crippen LogP contribution in [0.15, 0.2) is 24.3 Å². The second-order valence-corrected chi connectivity index (χ2v) is 5.45. The van der Waals surface area contributed by atoms with Crippen LogP contribution in [0, 0.1) is 18.8 Å². The molecule has 0 saturated heterocycles. The molecule has 1 aromatic carbocycles. The largest absolute Gasteiger partial charge is 0.330 e. The van der Waals surface area contributed by atoms with Gasteiger partial charge in [-0.3, -0.25) is 4.79 Å². The summed E-state index contributed by atoms with van der Waals surface area (Å²) in [4.78, 5) is 14.6. The normalized spacial score (nSPS) is 21.4. The van der Waals surface area contributed by atoms with E-state index in [0.29, 0.717) is 12.5 Å². The van der Waals surface area contributed by atoms with Crippen LogP contribution in [0.2, 0.25) is 0 Å². The van der Waals surface area contributed by atoms with E-state index in [1.807, 2.05) is 24.0 Å². The van der Waals surface area contributed by atoms with E-state index in [1.54, 1.807) is 0 Å². The van der Waals surface area contributed by atoms with Crippen LogP contribution in [-0.2, 0) is 4.79 Å². The Morgan fingerprint density at radius 1 is 1.30 bits per heavy atom. The molecule has 1 saturated carbocycles. The smallest absolute Gasteiger partial charge is 0.230 e. The topological polar surface area (TPSA) is 46.3 Å².